The van der Waals surface area contributed by atoms with Crippen molar-refractivity contribution in [2.24, 2.45) is 0 Å². The molecule has 1 amide bonds. The zero-order valence-corrected chi connectivity index (χ0v) is 17.5. The first-order chi connectivity index (χ1) is 13.7. The van der Waals surface area contributed by atoms with Gasteiger partial charge in [0.1, 0.15) is 5.75 Å². The molecular formula is C23H27N3O3. The minimum absolute atomic E-state index is 0.0137. The molecule has 4 rings (SSSR count). The number of anilines is 3. The second-order valence-corrected chi connectivity index (χ2v) is 8.53. The van der Waals surface area contributed by atoms with Gasteiger partial charge in [-0.1, -0.05) is 12.1 Å². The van der Waals surface area contributed by atoms with Gasteiger partial charge in [-0.05, 0) is 58.0 Å². The third-order valence-corrected chi connectivity index (χ3v) is 5.69. The highest BCUT2D eigenvalue weighted by molar-refractivity contribution is 6.05. The Bertz CT molecular complexity index is 985. The van der Waals surface area contributed by atoms with E-state index >= 15 is 0 Å². The van der Waals surface area contributed by atoms with Gasteiger partial charge in [0.05, 0.1) is 23.1 Å². The number of ether oxygens (including phenoxy) is 1. The molecule has 152 valence electrons. The third-order valence-electron chi connectivity index (χ3n) is 5.69. The molecule has 2 heterocycles. The highest BCUT2D eigenvalue weighted by atomic mass is 16.5. The number of fused-ring (bicyclic) bond motifs is 2. The topological polar surface area (TPSA) is 61.9 Å². The van der Waals surface area contributed by atoms with Gasteiger partial charge < -0.3 is 19.9 Å². The molecule has 0 bridgehead atoms. The highest BCUT2D eigenvalue weighted by Gasteiger charge is 2.35. The summed E-state index contributed by atoms with van der Waals surface area (Å²) in [4.78, 5) is 29.4. The maximum Gasteiger partial charge on any atom is 0.267 e. The van der Waals surface area contributed by atoms with Gasteiger partial charge in [0.2, 0.25) is 0 Å². The van der Waals surface area contributed by atoms with Gasteiger partial charge in [-0.2, -0.15) is 0 Å². The molecule has 2 aliphatic heterocycles. The maximum atomic E-state index is 13.4. The lowest BCUT2D eigenvalue weighted by Crippen LogP contribution is -2.53. The van der Waals surface area contributed by atoms with Crippen molar-refractivity contribution in [2.45, 2.75) is 45.4 Å². The Balaban J connectivity index is 1.66. The quantitative estimate of drug-likeness (QED) is 0.806. The monoisotopic (exact) mass is 393 g/mol. The lowest BCUT2D eigenvalue weighted by molar-refractivity contribution is -0.125. The number of likely N-dealkylation sites (N-methyl/N-ethyl adjacent to an activating group) is 1. The van der Waals surface area contributed by atoms with Crippen molar-refractivity contribution in [1.29, 1.82) is 0 Å². The van der Waals surface area contributed by atoms with Crippen LogP contribution in [0, 0.1) is 0 Å². The standard InChI is InChI=1S/C23H27N3O3/c1-14(26-13-23(3,4)24-17-8-6-7-9-18(17)26)21(27)16-10-11-20-19(12-16)25(5)22(28)15(2)29-20/h6-12,14-15,24H,13H2,1-5H3. The fraction of sp³-hybridized carbons (Fsp3) is 0.391. The second kappa shape index (κ2) is 6.79. The predicted octanol–water partition coefficient (Wildman–Crippen LogP) is 3.71. The molecule has 0 aromatic heterocycles. The number of ketones is 1. The van der Waals surface area contributed by atoms with Gasteiger partial charge in [-0.15, -0.1) is 0 Å². The molecule has 2 atom stereocenters. The molecule has 1 N–H and O–H groups in total. The number of Topliss-reactive ketones (excluding diaryl/α,β-unsaturated/α-hetero) is 1. The number of benzene rings is 2. The van der Waals surface area contributed by atoms with E-state index in [4.69, 9.17) is 4.74 Å². The molecule has 0 radical (unpaired) electrons. The van der Waals surface area contributed by atoms with E-state index in [9.17, 15) is 9.59 Å². The summed E-state index contributed by atoms with van der Waals surface area (Å²) in [6.07, 6.45) is -0.521. The summed E-state index contributed by atoms with van der Waals surface area (Å²) in [6.45, 7) is 8.64. The largest absolute Gasteiger partial charge is 0.479 e. The van der Waals surface area contributed by atoms with E-state index in [2.05, 4.69) is 24.1 Å². The average Bonchev–Trinajstić information content (AvgIpc) is 2.69. The number of nitrogens with one attached hydrogen (secondary N) is 1. The summed E-state index contributed by atoms with van der Waals surface area (Å²) in [5.41, 5.74) is 3.10. The Morgan fingerprint density at radius 1 is 1.21 bits per heavy atom. The number of para-hydroxylation sites is 2. The van der Waals surface area contributed by atoms with Crippen LogP contribution >= 0.6 is 0 Å². The van der Waals surface area contributed by atoms with Gasteiger partial charge in [0.15, 0.2) is 11.9 Å². The molecule has 2 aromatic rings. The predicted molar refractivity (Wildman–Crippen MR) is 115 cm³/mol. The normalized spacial score (nSPS) is 20.9. The van der Waals surface area contributed by atoms with Gasteiger partial charge >= 0.3 is 0 Å². The summed E-state index contributed by atoms with van der Waals surface area (Å²) in [7, 11) is 1.72. The first kappa shape index (κ1) is 19.3. The fourth-order valence-electron chi connectivity index (χ4n) is 4.14. The van der Waals surface area contributed by atoms with Crippen LogP contribution in [0.4, 0.5) is 17.1 Å². The van der Waals surface area contributed by atoms with Crippen molar-refractivity contribution in [1.82, 2.24) is 0 Å². The molecule has 0 spiro atoms. The maximum absolute atomic E-state index is 13.4. The van der Waals surface area contributed by atoms with Crippen molar-refractivity contribution in [2.75, 3.05) is 28.7 Å². The minimum Gasteiger partial charge on any atom is -0.479 e. The van der Waals surface area contributed by atoms with Crippen LogP contribution in [0.25, 0.3) is 0 Å². The molecule has 0 saturated carbocycles. The highest BCUT2D eigenvalue weighted by Crippen LogP contribution is 2.37. The van der Waals surface area contributed by atoms with E-state index in [1.54, 1.807) is 37.1 Å². The molecule has 6 nitrogen and oxygen atoms in total. The molecule has 6 heteroatoms. The first-order valence-electron chi connectivity index (χ1n) is 9.94. The minimum atomic E-state index is -0.521. The number of rotatable bonds is 3. The van der Waals surface area contributed by atoms with Crippen molar-refractivity contribution in [3.8, 4) is 5.75 Å². The number of amides is 1. The number of carbonyl (C=O) groups is 2. The SMILES string of the molecule is CC1Oc2ccc(C(=O)C(C)N3CC(C)(C)Nc4ccccc43)cc2N(C)C1=O. The number of nitrogens with zero attached hydrogens (tertiary/aromatic N) is 2. The van der Waals surface area contributed by atoms with Gasteiger partial charge in [0.25, 0.3) is 5.91 Å². The van der Waals surface area contributed by atoms with E-state index in [1.807, 2.05) is 31.2 Å². The molecule has 0 saturated heterocycles. The molecule has 0 fully saturated rings. The molecule has 2 aromatic carbocycles. The van der Waals surface area contributed by atoms with Crippen LogP contribution in [-0.2, 0) is 4.79 Å². The summed E-state index contributed by atoms with van der Waals surface area (Å²) < 4.78 is 5.68. The van der Waals surface area contributed by atoms with Crippen LogP contribution in [0.5, 0.6) is 5.75 Å². The molecule has 2 aliphatic rings. The number of hydrogen-bond acceptors (Lipinski definition) is 5. The van der Waals surface area contributed by atoms with Crippen LogP contribution in [0.2, 0.25) is 0 Å². The Morgan fingerprint density at radius 3 is 2.69 bits per heavy atom. The summed E-state index contributed by atoms with van der Waals surface area (Å²) in [6, 6.07) is 13.0. The second-order valence-electron chi connectivity index (χ2n) is 8.53. The van der Waals surface area contributed by atoms with E-state index in [0.29, 0.717) is 23.5 Å². The van der Waals surface area contributed by atoms with E-state index in [1.165, 1.54) is 0 Å². The smallest absolute Gasteiger partial charge is 0.267 e. The van der Waals surface area contributed by atoms with Crippen LogP contribution in [0.15, 0.2) is 42.5 Å². The van der Waals surface area contributed by atoms with Crippen molar-refractivity contribution in [3.05, 3.63) is 48.0 Å². The van der Waals surface area contributed by atoms with Crippen LogP contribution in [0.1, 0.15) is 38.1 Å². The Morgan fingerprint density at radius 2 is 1.93 bits per heavy atom. The fourth-order valence-corrected chi connectivity index (χ4v) is 4.14. The summed E-state index contributed by atoms with van der Waals surface area (Å²) >= 11 is 0. The van der Waals surface area contributed by atoms with E-state index < -0.39 is 6.10 Å². The van der Waals surface area contributed by atoms with Crippen molar-refractivity contribution < 1.29 is 14.3 Å². The van der Waals surface area contributed by atoms with Crippen LogP contribution in [0.3, 0.4) is 0 Å². The lowest BCUT2D eigenvalue weighted by Gasteiger charge is -2.44. The molecule has 29 heavy (non-hydrogen) atoms. The number of carbonyl (C=O) groups excluding carboxylic acids is 2. The number of hydrogen-bond donors (Lipinski definition) is 1. The van der Waals surface area contributed by atoms with Crippen molar-refractivity contribution in [3.63, 3.8) is 0 Å². The van der Waals surface area contributed by atoms with E-state index in [-0.39, 0.29) is 23.3 Å². The van der Waals surface area contributed by atoms with Crippen LogP contribution in [-0.4, -0.2) is 43.0 Å². The van der Waals surface area contributed by atoms with Crippen LogP contribution < -0.4 is 19.9 Å². The third kappa shape index (κ3) is 3.33. The average molecular weight is 393 g/mol. The lowest BCUT2D eigenvalue weighted by atomic mass is 9.95. The Labute approximate surface area is 171 Å². The van der Waals surface area contributed by atoms with Crippen molar-refractivity contribution >= 4 is 28.8 Å². The molecular weight excluding hydrogens is 366 g/mol. The van der Waals surface area contributed by atoms with E-state index in [0.717, 1.165) is 11.4 Å². The zero-order chi connectivity index (χ0) is 20.9. The summed E-state index contributed by atoms with van der Waals surface area (Å²) in [5, 5.41) is 3.54. The zero-order valence-electron chi connectivity index (χ0n) is 17.5. The Kier molecular flexibility index (Phi) is 4.52. The van der Waals surface area contributed by atoms with Gasteiger partial charge in [0, 0.05) is 24.7 Å². The molecule has 0 aliphatic carbocycles. The first-order valence-corrected chi connectivity index (χ1v) is 9.94. The summed E-state index contributed by atoms with van der Waals surface area (Å²) in [5.74, 6) is 0.519. The Hall–Kier alpha value is -3.02. The molecule has 2 unspecified atom stereocenters. The van der Waals surface area contributed by atoms with Gasteiger partial charge in [-0.25, -0.2) is 0 Å². The van der Waals surface area contributed by atoms with Gasteiger partial charge in [-0.3, -0.25) is 9.59 Å².